The van der Waals surface area contributed by atoms with Crippen LogP contribution in [0.2, 0.25) is 0 Å². The van der Waals surface area contributed by atoms with Crippen molar-refractivity contribution in [2.75, 3.05) is 0 Å². The second-order valence-electron chi connectivity index (χ2n) is 3.99. The molecule has 1 unspecified atom stereocenters. The zero-order valence-electron chi connectivity index (χ0n) is 9.42. The SMILES string of the molecule is CC1=NC(Cc2ccccc2)C(O)=C1C(=O)O. The summed E-state index contributed by atoms with van der Waals surface area (Å²) in [5, 5.41) is 18.8. The summed E-state index contributed by atoms with van der Waals surface area (Å²) in [6.07, 6.45) is 0.515. The molecule has 2 rings (SSSR count). The average Bonchev–Trinajstić information content (AvgIpc) is 2.55. The summed E-state index contributed by atoms with van der Waals surface area (Å²) in [6, 6.07) is 9.10. The van der Waals surface area contributed by atoms with Crippen molar-refractivity contribution in [1.82, 2.24) is 0 Å². The summed E-state index contributed by atoms with van der Waals surface area (Å²) in [7, 11) is 0. The number of carboxylic acid groups (broad SMARTS) is 1. The average molecular weight is 231 g/mol. The van der Waals surface area contributed by atoms with Gasteiger partial charge in [0.15, 0.2) is 0 Å². The molecule has 4 heteroatoms. The van der Waals surface area contributed by atoms with Crippen LogP contribution in [0.15, 0.2) is 46.7 Å². The molecule has 0 aromatic heterocycles. The van der Waals surface area contributed by atoms with Crippen molar-refractivity contribution >= 4 is 11.7 Å². The van der Waals surface area contributed by atoms with E-state index in [0.29, 0.717) is 12.1 Å². The summed E-state index contributed by atoms with van der Waals surface area (Å²) in [6.45, 7) is 1.60. The summed E-state index contributed by atoms with van der Waals surface area (Å²) in [4.78, 5) is 15.1. The van der Waals surface area contributed by atoms with Crippen LogP contribution in [0.25, 0.3) is 0 Å². The second kappa shape index (κ2) is 4.41. The molecule has 1 heterocycles. The molecule has 0 saturated carbocycles. The molecule has 0 fully saturated rings. The lowest BCUT2D eigenvalue weighted by atomic mass is 10.0. The van der Waals surface area contributed by atoms with Gasteiger partial charge >= 0.3 is 5.97 Å². The molecule has 1 aromatic carbocycles. The van der Waals surface area contributed by atoms with Crippen LogP contribution < -0.4 is 0 Å². The van der Waals surface area contributed by atoms with E-state index in [1.807, 2.05) is 30.3 Å². The third-order valence-electron chi connectivity index (χ3n) is 2.77. The number of aliphatic hydroxyl groups is 1. The standard InChI is InChI=1S/C13H13NO3/c1-8-11(13(16)17)12(15)10(14-8)7-9-5-3-2-4-6-9/h2-6,10,15H,7H2,1H3,(H,16,17). The topological polar surface area (TPSA) is 69.9 Å². The van der Waals surface area contributed by atoms with Crippen molar-refractivity contribution in [1.29, 1.82) is 0 Å². The third-order valence-corrected chi connectivity index (χ3v) is 2.77. The van der Waals surface area contributed by atoms with Gasteiger partial charge in [0, 0.05) is 6.42 Å². The Balaban J connectivity index is 2.23. The first-order valence-electron chi connectivity index (χ1n) is 5.34. The fourth-order valence-electron chi connectivity index (χ4n) is 1.96. The summed E-state index contributed by atoms with van der Waals surface area (Å²) in [5.41, 5.74) is 1.34. The number of benzene rings is 1. The van der Waals surface area contributed by atoms with Crippen LogP contribution >= 0.6 is 0 Å². The highest BCUT2D eigenvalue weighted by atomic mass is 16.4. The van der Waals surface area contributed by atoms with E-state index in [2.05, 4.69) is 4.99 Å². The van der Waals surface area contributed by atoms with Gasteiger partial charge in [-0.1, -0.05) is 30.3 Å². The highest BCUT2D eigenvalue weighted by Crippen LogP contribution is 2.23. The molecule has 0 saturated heterocycles. The van der Waals surface area contributed by atoms with E-state index in [1.54, 1.807) is 6.92 Å². The number of hydrogen-bond acceptors (Lipinski definition) is 3. The lowest BCUT2D eigenvalue weighted by Gasteiger charge is -2.07. The number of hydrogen-bond donors (Lipinski definition) is 2. The van der Waals surface area contributed by atoms with Crippen LogP contribution in [0.5, 0.6) is 0 Å². The van der Waals surface area contributed by atoms with E-state index in [-0.39, 0.29) is 11.3 Å². The second-order valence-corrected chi connectivity index (χ2v) is 3.99. The van der Waals surface area contributed by atoms with E-state index in [4.69, 9.17) is 5.11 Å². The van der Waals surface area contributed by atoms with Gasteiger partial charge in [-0.05, 0) is 12.5 Å². The predicted molar refractivity (Wildman–Crippen MR) is 64.3 cm³/mol. The van der Waals surface area contributed by atoms with Gasteiger partial charge in [-0.15, -0.1) is 0 Å². The number of carboxylic acids is 1. The van der Waals surface area contributed by atoms with E-state index in [1.165, 1.54) is 0 Å². The van der Waals surface area contributed by atoms with Crippen molar-refractivity contribution in [2.24, 2.45) is 4.99 Å². The van der Waals surface area contributed by atoms with E-state index in [0.717, 1.165) is 5.56 Å². The monoisotopic (exact) mass is 231 g/mol. The zero-order chi connectivity index (χ0) is 12.4. The van der Waals surface area contributed by atoms with Crippen molar-refractivity contribution in [2.45, 2.75) is 19.4 Å². The van der Waals surface area contributed by atoms with Gasteiger partial charge in [0.1, 0.15) is 17.4 Å². The molecule has 88 valence electrons. The summed E-state index contributed by atoms with van der Waals surface area (Å²) >= 11 is 0. The molecule has 1 atom stereocenters. The molecule has 4 nitrogen and oxygen atoms in total. The number of aliphatic carboxylic acids is 1. The molecule has 1 aliphatic rings. The molecule has 0 radical (unpaired) electrons. The van der Waals surface area contributed by atoms with Crippen LogP contribution in [0.1, 0.15) is 12.5 Å². The molecule has 0 amide bonds. The molecule has 17 heavy (non-hydrogen) atoms. The molecular formula is C13H13NO3. The molecule has 0 bridgehead atoms. The zero-order valence-corrected chi connectivity index (χ0v) is 9.42. The first kappa shape index (κ1) is 11.4. The minimum absolute atomic E-state index is 0.0640. The number of nitrogens with zero attached hydrogens (tertiary/aromatic N) is 1. The Kier molecular flexibility index (Phi) is 2.95. The number of aliphatic imine (C=N–C) groups is 1. The predicted octanol–water partition coefficient (Wildman–Crippen LogP) is 1.97. The van der Waals surface area contributed by atoms with Gasteiger partial charge in [-0.25, -0.2) is 4.79 Å². The maximum atomic E-state index is 10.9. The fraction of sp³-hybridized carbons (Fsp3) is 0.231. The maximum Gasteiger partial charge on any atom is 0.341 e. The van der Waals surface area contributed by atoms with Crippen LogP contribution in [-0.4, -0.2) is 27.9 Å². The molecule has 0 spiro atoms. The van der Waals surface area contributed by atoms with Gasteiger partial charge in [-0.2, -0.15) is 0 Å². The van der Waals surface area contributed by atoms with E-state index >= 15 is 0 Å². The molecule has 1 aliphatic heterocycles. The van der Waals surface area contributed by atoms with Gasteiger partial charge in [0.25, 0.3) is 0 Å². The van der Waals surface area contributed by atoms with Gasteiger partial charge in [0.05, 0.1) is 5.71 Å². The first-order valence-corrected chi connectivity index (χ1v) is 5.34. The van der Waals surface area contributed by atoms with Crippen LogP contribution in [0.3, 0.4) is 0 Å². The Labute approximate surface area is 98.9 Å². The largest absolute Gasteiger partial charge is 0.509 e. The fourth-order valence-corrected chi connectivity index (χ4v) is 1.96. The van der Waals surface area contributed by atoms with E-state index in [9.17, 15) is 9.90 Å². The summed E-state index contributed by atoms with van der Waals surface area (Å²) in [5.74, 6) is -1.27. The third kappa shape index (κ3) is 2.20. The van der Waals surface area contributed by atoms with Crippen LogP contribution in [-0.2, 0) is 11.2 Å². The smallest absolute Gasteiger partial charge is 0.341 e. The van der Waals surface area contributed by atoms with Crippen molar-refractivity contribution < 1.29 is 15.0 Å². The normalized spacial score (nSPS) is 19.4. The number of rotatable bonds is 3. The Morgan fingerprint density at radius 1 is 1.35 bits per heavy atom. The molecule has 1 aromatic rings. The van der Waals surface area contributed by atoms with Crippen LogP contribution in [0, 0.1) is 0 Å². The van der Waals surface area contributed by atoms with Crippen molar-refractivity contribution in [3.8, 4) is 0 Å². The van der Waals surface area contributed by atoms with E-state index < -0.39 is 12.0 Å². The highest BCUT2D eigenvalue weighted by molar-refractivity contribution is 6.20. The maximum absolute atomic E-state index is 10.9. The molecular weight excluding hydrogens is 218 g/mol. The lowest BCUT2D eigenvalue weighted by molar-refractivity contribution is -0.132. The first-order chi connectivity index (χ1) is 8.09. The molecule has 0 aliphatic carbocycles. The van der Waals surface area contributed by atoms with Crippen molar-refractivity contribution in [3.05, 3.63) is 47.2 Å². The molecule has 2 N–H and O–H groups in total. The van der Waals surface area contributed by atoms with Crippen molar-refractivity contribution in [3.63, 3.8) is 0 Å². The highest BCUT2D eigenvalue weighted by Gasteiger charge is 2.29. The Hall–Kier alpha value is -2.10. The Bertz CT molecular complexity index is 503. The number of carbonyl (C=O) groups is 1. The number of aliphatic hydroxyl groups excluding tert-OH is 1. The Morgan fingerprint density at radius 2 is 2.00 bits per heavy atom. The van der Waals surface area contributed by atoms with Gasteiger partial charge < -0.3 is 10.2 Å². The lowest BCUT2D eigenvalue weighted by Crippen LogP contribution is -2.12. The minimum Gasteiger partial charge on any atom is -0.509 e. The van der Waals surface area contributed by atoms with Crippen LogP contribution in [0.4, 0.5) is 0 Å². The minimum atomic E-state index is -1.13. The summed E-state index contributed by atoms with van der Waals surface area (Å²) < 4.78 is 0. The quantitative estimate of drug-likeness (QED) is 0.835. The Morgan fingerprint density at radius 3 is 2.53 bits per heavy atom. The van der Waals surface area contributed by atoms with Gasteiger partial charge in [0.2, 0.25) is 0 Å². The van der Waals surface area contributed by atoms with Gasteiger partial charge in [-0.3, -0.25) is 4.99 Å².